The van der Waals surface area contributed by atoms with E-state index in [4.69, 9.17) is 5.11 Å². The highest BCUT2D eigenvalue weighted by Crippen LogP contribution is 1.95. The van der Waals surface area contributed by atoms with E-state index in [1.54, 1.807) is 6.26 Å². The Hall–Kier alpha value is -0.710. The highest BCUT2D eigenvalue weighted by molar-refractivity contribution is 7.98. The zero-order chi connectivity index (χ0) is 7.98. The molecule has 10 heavy (non-hydrogen) atoms. The second kappa shape index (κ2) is 5.10. The van der Waals surface area contributed by atoms with Crippen molar-refractivity contribution in [2.75, 3.05) is 12.0 Å². The highest BCUT2D eigenvalue weighted by atomic mass is 32.2. The van der Waals surface area contributed by atoms with Crippen LogP contribution in [0.2, 0.25) is 0 Å². The Bertz CT molecular complexity index is 128. The monoisotopic (exact) mass is 162 g/mol. The molecule has 0 aliphatic heterocycles. The summed E-state index contributed by atoms with van der Waals surface area (Å²) in [4.78, 5) is 19.9. The Morgan fingerprint density at radius 3 is 2.80 bits per heavy atom. The van der Waals surface area contributed by atoms with E-state index >= 15 is 0 Å². The van der Waals surface area contributed by atoms with Crippen molar-refractivity contribution < 1.29 is 14.7 Å². The SMILES string of the molecule is CSCC(N[C]=O)C(=O)O. The molecule has 0 aromatic rings. The van der Waals surface area contributed by atoms with Crippen molar-refractivity contribution in [1.82, 2.24) is 5.32 Å². The van der Waals surface area contributed by atoms with Crippen LogP contribution in [0.15, 0.2) is 0 Å². The Morgan fingerprint density at radius 2 is 2.50 bits per heavy atom. The van der Waals surface area contributed by atoms with Crippen molar-refractivity contribution >= 4 is 24.1 Å². The zero-order valence-electron chi connectivity index (χ0n) is 5.46. The smallest absolute Gasteiger partial charge is 0.327 e. The molecule has 5 heteroatoms. The summed E-state index contributed by atoms with van der Waals surface area (Å²) in [6, 6.07) is -0.813. The van der Waals surface area contributed by atoms with Crippen LogP contribution >= 0.6 is 11.8 Å². The Balaban J connectivity index is 3.71. The minimum atomic E-state index is -1.03. The molecule has 0 aliphatic carbocycles. The average Bonchev–Trinajstić information content (AvgIpc) is 1.87. The number of thioether (sulfide) groups is 1. The summed E-state index contributed by atoms with van der Waals surface area (Å²) in [5.41, 5.74) is 0. The first-order valence-electron chi connectivity index (χ1n) is 2.56. The number of nitrogens with one attached hydrogen (secondary N) is 1. The molecule has 4 nitrogen and oxygen atoms in total. The molecule has 57 valence electrons. The predicted molar refractivity (Wildman–Crippen MR) is 38.6 cm³/mol. The van der Waals surface area contributed by atoms with E-state index < -0.39 is 12.0 Å². The number of rotatable bonds is 5. The summed E-state index contributed by atoms with van der Waals surface area (Å²) in [6.45, 7) is 0. The van der Waals surface area contributed by atoms with Crippen LogP contribution in [0.5, 0.6) is 0 Å². The minimum Gasteiger partial charge on any atom is -0.480 e. The molecule has 0 rings (SSSR count). The molecule has 0 aromatic heterocycles. The molecule has 1 atom stereocenters. The predicted octanol–water partition coefficient (Wildman–Crippen LogP) is -0.541. The maximum Gasteiger partial charge on any atom is 0.327 e. The van der Waals surface area contributed by atoms with E-state index in [1.807, 2.05) is 0 Å². The van der Waals surface area contributed by atoms with E-state index in [2.05, 4.69) is 5.32 Å². The van der Waals surface area contributed by atoms with Crippen molar-refractivity contribution in [1.29, 1.82) is 0 Å². The average molecular weight is 162 g/mol. The number of aliphatic carboxylic acids is 1. The first-order chi connectivity index (χ1) is 4.72. The van der Waals surface area contributed by atoms with Crippen LogP contribution < -0.4 is 5.32 Å². The zero-order valence-corrected chi connectivity index (χ0v) is 6.27. The van der Waals surface area contributed by atoms with Crippen LogP contribution in [0.1, 0.15) is 0 Å². The van der Waals surface area contributed by atoms with Gasteiger partial charge in [-0.3, -0.25) is 4.79 Å². The Kier molecular flexibility index (Phi) is 4.74. The third-order valence-corrected chi connectivity index (χ3v) is 1.53. The van der Waals surface area contributed by atoms with Gasteiger partial charge in [0.05, 0.1) is 0 Å². The number of carbonyl (C=O) groups is 1. The van der Waals surface area contributed by atoms with Gasteiger partial charge in [-0.25, -0.2) is 4.79 Å². The van der Waals surface area contributed by atoms with Crippen molar-refractivity contribution in [3.05, 3.63) is 0 Å². The van der Waals surface area contributed by atoms with Gasteiger partial charge in [0.25, 0.3) is 0 Å². The van der Waals surface area contributed by atoms with Crippen LogP contribution in [-0.4, -0.2) is 35.5 Å². The molecule has 0 fully saturated rings. The molecule has 0 heterocycles. The third-order valence-electron chi connectivity index (χ3n) is 0.865. The van der Waals surface area contributed by atoms with Crippen molar-refractivity contribution in [2.45, 2.75) is 6.04 Å². The van der Waals surface area contributed by atoms with Gasteiger partial charge in [-0.15, -0.1) is 0 Å². The number of amides is 1. The fourth-order valence-corrected chi connectivity index (χ4v) is 0.972. The van der Waals surface area contributed by atoms with Crippen molar-refractivity contribution in [3.8, 4) is 0 Å². The molecule has 0 aromatic carbocycles. The fourth-order valence-electron chi connectivity index (χ4n) is 0.412. The highest BCUT2D eigenvalue weighted by Gasteiger charge is 2.14. The Labute approximate surface area is 63.0 Å². The van der Waals surface area contributed by atoms with Crippen LogP contribution in [0, 0.1) is 0 Å². The quantitative estimate of drug-likeness (QED) is 0.533. The number of carboxylic acids is 1. The molecule has 0 spiro atoms. The summed E-state index contributed by atoms with van der Waals surface area (Å²) in [6.07, 6.45) is 3.11. The molecule has 1 amide bonds. The second-order valence-corrected chi connectivity index (χ2v) is 2.50. The number of hydrogen-bond donors (Lipinski definition) is 2. The van der Waals surface area contributed by atoms with E-state index in [0.717, 1.165) is 0 Å². The maximum atomic E-state index is 10.2. The van der Waals surface area contributed by atoms with Gasteiger partial charge in [-0.2, -0.15) is 11.8 Å². The molecule has 1 unspecified atom stereocenters. The van der Waals surface area contributed by atoms with Gasteiger partial charge in [-0.1, -0.05) is 0 Å². The Morgan fingerprint density at radius 1 is 1.90 bits per heavy atom. The third kappa shape index (κ3) is 3.34. The molecule has 0 saturated carbocycles. The van der Waals surface area contributed by atoms with E-state index in [0.29, 0.717) is 5.75 Å². The van der Waals surface area contributed by atoms with Gasteiger partial charge in [0.1, 0.15) is 6.04 Å². The number of carbonyl (C=O) groups excluding carboxylic acids is 1. The molecule has 1 radical (unpaired) electrons. The van der Waals surface area contributed by atoms with Crippen LogP contribution in [-0.2, 0) is 9.59 Å². The summed E-state index contributed by atoms with van der Waals surface area (Å²) < 4.78 is 0. The summed E-state index contributed by atoms with van der Waals surface area (Å²) >= 11 is 1.36. The van der Waals surface area contributed by atoms with Crippen molar-refractivity contribution in [3.63, 3.8) is 0 Å². The molecule has 0 saturated heterocycles. The molecule has 2 N–H and O–H groups in total. The number of hydrogen-bond acceptors (Lipinski definition) is 3. The van der Waals surface area contributed by atoms with E-state index in [1.165, 1.54) is 18.2 Å². The topological polar surface area (TPSA) is 66.4 Å². The normalized spacial score (nSPS) is 12.1. The largest absolute Gasteiger partial charge is 0.480 e. The molecular weight excluding hydrogens is 154 g/mol. The van der Waals surface area contributed by atoms with Crippen molar-refractivity contribution in [2.24, 2.45) is 0 Å². The summed E-state index contributed by atoms with van der Waals surface area (Å²) in [5, 5.41) is 10.4. The van der Waals surface area contributed by atoms with Gasteiger partial charge in [0, 0.05) is 5.75 Å². The molecule has 0 bridgehead atoms. The fraction of sp³-hybridized carbons (Fsp3) is 0.600. The van der Waals surface area contributed by atoms with Gasteiger partial charge >= 0.3 is 12.4 Å². The lowest BCUT2D eigenvalue weighted by molar-refractivity contribution is -0.138. The molecule has 0 aliphatic rings. The first kappa shape index (κ1) is 9.29. The lowest BCUT2D eigenvalue weighted by Gasteiger charge is -2.06. The van der Waals surface area contributed by atoms with Gasteiger partial charge in [0.2, 0.25) is 0 Å². The van der Waals surface area contributed by atoms with E-state index in [9.17, 15) is 9.59 Å². The molecular formula is C5H8NO3S. The van der Waals surface area contributed by atoms with Crippen LogP contribution in [0.3, 0.4) is 0 Å². The maximum absolute atomic E-state index is 10.2. The van der Waals surface area contributed by atoms with Gasteiger partial charge in [-0.05, 0) is 6.26 Å². The summed E-state index contributed by atoms with van der Waals surface area (Å²) in [5.74, 6) is -0.664. The van der Waals surface area contributed by atoms with Crippen LogP contribution in [0.4, 0.5) is 0 Å². The first-order valence-corrected chi connectivity index (χ1v) is 3.96. The van der Waals surface area contributed by atoms with E-state index in [-0.39, 0.29) is 0 Å². The second-order valence-electron chi connectivity index (χ2n) is 1.59. The minimum absolute atomic E-state index is 0.366. The van der Waals surface area contributed by atoms with Gasteiger partial charge < -0.3 is 10.4 Å². The lowest BCUT2D eigenvalue weighted by Crippen LogP contribution is -2.37. The number of carboxylic acid groups (broad SMARTS) is 1. The summed E-state index contributed by atoms with van der Waals surface area (Å²) in [7, 11) is 0. The van der Waals surface area contributed by atoms with Crippen LogP contribution in [0.25, 0.3) is 0 Å². The standard InChI is InChI=1S/C5H8NO3S/c1-10-2-4(5(8)9)6-3-7/h4H,2H2,1H3,(H,6,7)(H,8,9). The van der Waals surface area contributed by atoms with Gasteiger partial charge in [0.15, 0.2) is 0 Å². The lowest BCUT2D eigenvalue weighted by atomic mass is 10.3.